The van der Waals surface area contributed by atoms with Crippen molar-refractivity contribution in [1.29, 1.82) is 0 Å². The summed E-state index contributed by atoms with van der Waals surface area (Å²) in [6, 6.07) is 4.89. The molecule has 0 bridgehead atoms. The summed E-state index contributed by atoms with van der Waals surface area (Å²) in [5.74, 6) is 0.601. The van der Waals surface area contributed by atoms with Crippen molar-refractivity contribution in [3.8, 4) is 11.5 Å². The average Bonchev–Trinajstić information content (AvgIpc) is 2.45. The minimum atomic E-state index is -0.269. The maximum atomic E-state index is 12.0. The van der Waals surface area contributed by atoms with Crippen LogP contribution in [0.2, 0.25) is 0 Å². The van der Waals surface area contributed by atoms with Crippen molar-refractivity contribution in [1.82, 2.24) is 10.2 Å². The van der Waals surface area contributed by atoms with E-state index in [0.717, 1.165) is 5.56 Å². The fourth-order valence-electron chi connectivity index (χ4n) is 1.99. The zero-order valence-electron chi connectivity index (χ0n) is 12.8. The Labute approximate surface area is 120 Å². The number of likely N-dealkylation sites (N-methyl/N-ethyl adjacent to an activating group) is 1. The number of nitrogens with one attached hydrogen (secondary N) is 1. The first-order valence-electron chi connectivity index (χ1n) is 6.78. The lowest BCUT2D eigenvalue weighted by atomic mass is 10.1. The summed E-state index contributed by atoms with van der Waals surface area (Å²) in [5, 5.41) is 12.8. The smallest absolute Gasteiger partial charge is 0.239 e. The molecule has 0 radical (unpaired) electrons. The van der Waals surface area contributed by atoms with E-state index < -0.39 is 0 Å². The average molecular weight is 280 g/mol. The van der Waals surface area contributed by atoms with Gasteiger partial charge in [0.05, 0.1) is 13.2 Å². The summed E-state index contributed by atoms with van der Waals surface area (Å²) in [5.41, 5.74) is 0.957. The molecule has 0 aliphatic rings. The van der Waals surface area contributed by atoms with Crippen molar-refractivity contribution < 1.29 is 14.6 Å². The highest BCUT2D eigenvalue weighted by Crippen LogP contribution is 2.28. The van der Waals surface area contributed by atoms with Crippen LogP contribution in [0.5, 0.6) is 11.5 Å². The summed E-state index contributed by atoms with van der Waals surface area (Å²) in [7, 11) is 3.30. The third kappa shape index (κ3) is 3.87. The number of aromatic hydroxyl groups is 1. The predicted octanol–water partition coefficient (Wildman–Crippen LogP) is 1.92. The molecule has 2 unspecified atom stereocenters. The molecule has 0 aromatic heterocycles. The lowest BCUT2D eigenvalue weighted by Gasteiger charge is -2.24. The van der Waals surface area contributed by atoms with E-state index in [1.54, 1.807) is 24.1 Å². The third-order valence-electron chi connectivity index (χ3n) is 3.42. The molecule has 0 aliphatic heterocycles. The molecule has 0 saturated heterocycles. The van der Waals surface area contributed by atoms with E-state index in [4.69, 9.17) is 4.74 Å². The lowest BCUT2D eigenvalue weighted by Crippen LogP contribution is -2.43. The molecule has 2 N–H and O–H groups in total. The van der Waals surface area contributed by atoms with Crippen molar-refractivity contribution >= 4 is 5.91 Å². The summed E-state index contributed by atoms with van der Waals surface area (Å²) in [4.78, 5) is 13.7. The largest absolute Gasteiger partial charge is 0.504 e. The Morgan fingerprint density at radius 2 is 2.10 bits per heavy atom. The number of benzene rings is 1. The van der Waals surface area contributed by atoms with Crippen LogP contribution in [0.4, 0.5) is 0 Å². The summed E-state index contributed by atoms with van der Waals surface area (Å²) in [6.45, 7) is 6.45. The van der Waals surface area contributed by atoms with Crippen LogP contribution in [0.25, 0.3) is 0 Å². The zero-order chi connectivity index (χ0) is 15.3. The van der Waals surface area contributed by atoms with Gasteiger partial charge in [-0.1, -0.05) is 6.07 Å². The lowest BCUT2D eigenvalue weighted by molar-refractivity contribution is -0.131. The number of phenols is 1. The van der Waals surface area contributed by atoms with Gasteiger partial charge in [0.1, 0.15) is 0 Å². The van der Waals surface area contributed by atoms with E-state index in [-0.39, 0.29) is 23.7 Å². The molecule has 112 valence electrons. The second kappa shape index (κ2) is 7.14. The second-order valence-corrected chi connectivity index (χ2v) is 4.89. The fourth-order valence-corrected chi connectivity index (χ4v) is 1.99. The van der Waals surface area contributed by atoms with Crippen LogP contribution < -0.4 is 10.1 Å². The number of amides is 1. The Morgan fingerprint density at radius 1 is 1.45 bits per heavy atom. The van der Waals surface area contributed by atoms with E-state index in [2.05, 4.69) is 5.32 Å². The Bertz CT molecular complexity index is 462. The normalized spacial score (nSPS) is 13.7. The first-order valence-corrected chi connectivity index (χ1v) is 6.78. The molecule has 1 aromatic rings. The minimum Gasteiger partial charge on any atom is -0.504 e. The highest BCUT2D eigenvalue weighted by Gasteiger charge is 2.19. The van der Waals surface area contributed by atoms with Gasteiger partial charge in [-0.25, -0.2) is 0 Å². The van der Waals surface area contributed by atoms with Crippen molar-refractivity contribution in [3.63, 3.8) is 0 Å². The second-order valence-electron chi connectivity index (χ2n) is 4.89. The first-order chi connectivity index (χ1) is 9.40. The van der Waals surface area contributed by atoms with E-state index in [1.165, 1.54) is 7.11 Å². The molecule has 1 amide bonds. The topological polar surface area (TPSA) is 61.8 Å². The van der Waals surface area contributed by atoms with Crippen molar-refractivity contribution in [3.05, 3.63) is 23.8 Å². The van der Waals surface area contributed by atoms with Gasteiger partial charge in [-0.3, -0.25) is 10.1 Å². The van der Waals surface area contributed by atoms with Crippen LogP contribution in [0, 0.1) is 0 Å². The molecule has 20 heavy (non-hydrogen) atoms. The van der Waals surface area contributed by atoms with Gasteiger partial charge in [0, 0.05) is 19.6 Å². The Balaban J connectivity index is 2.76. The SMILES string of the molecule is CCN(C)C(=O)C(C)NC(C)c1ccc(O)c(OC)c1. The number of nitrogens with zero attached hydrogens (tertiary/aromatic N) is 1. The number of carbonyl (C=O) groups is 1. The van der Waals surface area contributed by atoms with Gasteiger partial charge in [0.25, 0.3) is 0 Å². The van der Waals surface area contributed by atoms with Gasteiger partial charge >= 0.3 is 0 Å². The molecule has 0 aliphatic carbocycles. The predicted molar refractivity (Wildman–Crippen MR) is 79.0 cm³/mol. The van der Waals surface area contributed by atoms with Crippen molar-refractivity contribution in [2.45, 2.75) is 32.9 Å². The number of methoxy groups -OCH3 is 1. The number of rotatable bonds is 6. The maximum absolute atomic E-state index is 12.0. The highest BCUT2D eigenvalue weighted by atomic mass is 16.5. The van der Waals surface area contributed by atoms with Crippen LogP contribution in [-0.2, 0) is 4.79 Å². The number of ether oxygens (including phenoxy) is 1. The first kappa shape index (κ1) is 16.3. The van der Waals surface area contributed by atoms with Crippen molar-refractivity contribution in [2.75, 3.05) is 20.7 Å². The molecule has 5 nitrogen and oxygen atoms in total. The van der Waals surface area contributed by atoms with Gasteiger partial charge in [0.2, 0.25) is 5.91 Å². The highest BCUT2D eigenvalue weighted by molar-refractivity contribution is 5.81. The summed E-state index contributed by atoms with van der Waals surface area (Å²) < 4.78 is 5.09. The van der Waals surface area contributed by atoms with Crippen molar-refractivity contribution in [2.24, 2.45) is 0 Å². The number of carbonyl (C=O) groups excluding carboxylic acids is 1. The summed E-state index contributed by atoms with van der Waals surface area (Å²) in [6.07, 6.45) is 0. The van der Waals surface area contributed by atoms with E-state index in [1.807, 2.05) is 26.8 Å². The van der Waals surface area contributed by atoms with Crippen LogP contribution in [0.1, 0.15) is 32.4 Å². The molecule has 1 rings (SSSR count). The Kier molecular flexibility index (Phi) is 5.82. The molecule has 0 saturated carbocycles. The third-order valence-corrected chi connectivity index (χ3v) is 3.42. The van der Waals surface area contributed by atoms with Gasteiger partial charge < -0.3 is 14.7 Å². The number of hydrogen-bond acceptors (Lipinski definition) is 4. The molecule has 2 atom stereocenters. The monoisotopic (exact) mass is 280 g/mol. The fraction of sp³-hybridized carbons (Fsp3) is 0.533. The maximum Gasteiger partial charge on any atom is 0.239 e. The Hall–Kier alpha value is -1.75. The quantitative estimate of drug-likeness (QED) is 0.835. The van der Waals surface area contributed by atoms with Gasteiger partial charge in [-0.2, -0.15) is 0 Å². The van der Waals surface area contributed by atoms with E-state index in [9.17, 15) is 9.90 Å². The number of hydrogen-bond donors (Lipinski definition) is 2. The minimum absolute atomic E-state index is 0.0197. The molecule has 0 fully saturated rings. The van der Waals surface area contributed by atoms with Gasteiger partial charge in [-0.05, 0) is 38.5 Å². The van der Waals surface area contributed by atoms with E-state index in [0.29, 0.717) is 12.3 Å². The summed E-state index contributed by atoms with van der Waals surface area (Å²) >= 11 is 0. The standard InChI is InChI=1S/C15H24N2O3/c1-6-17(4)15(19)11(3)16-10(2)12-7-8-13(18)14(9-12)20-5/h7-11,16,18H,6H2,1-5H3. The molecular formula is C15H24N2O3. The zero-order valence-corrected chi connectivity index (χ0v) is 12.8. The van der Waals surface area contributed by atoms with E-state index >= 15 is 0 Å². The Morgan fingerprint density at radius 3 is 2.65 bits per heavy atom. The van der Waals surface area contributed by atoms with Crippen LogP contribution in [0.3, 0.4) is 0 Å². The molecule has 1 aromatic carbocycles. The molecule has 5 heteroatoms. The van der Waals surface area contributed by atoms with Crippen LogP contribution in [-0.4, -0.2) is 42.7 Å². The molecule has 0 heterocycles. The number of phenolic OH excluding ortho intramolecular Hbond substituents is 1. The van der Waals surface area contributed by atoms with Gasteiger partial charge in [0.15, 0.2) is 11.5 Å². The molecular weight excluding hydrogens is 256 g/mol. The van der Waals surface area contributed by atoms with Gasteiger partial charge in [-0.15, -0.1) is 0 Å². The van der Waals surface area contributed by atoms with Crippen LogP contribution in [0.15, 0.2) is 18.2 Å². The molecule has 0 spiro atoms. The van der Waals surface area contributed by atoms with Crippen LogP contribution >= 0.6 is 0 Å².